The first-order valence-electron chi connectivity index (χ1n) is 16.9. The molecule has 0 nitrogen and oxygen atoms in total. The molecule has 0 radical (unpaired) electrons. The topological polar surface area (TPSA) is 0 Å². The summed E-state index contributed by atoms with van der Waals surface area (Å²) < 4.78 is 1.69. The Labute approximate surface area is 319 Å². The average molecular weight is 755 g/mol. The van der Waals surface area contributed by atoms with Crippen LogP contribution in [0.25, 0.3) is 11.1 Å². The van der Waals surface area contributed by atoms with Crippen LogP contribution in [0.15, 0.2) is 97.1 Å². The Kier molecular flexibility index (Phi) is 16.7. The first-order chi connectivity index (χ1) is 21.8. The molecule has 4 aromatic carbocycles. The van der Waals surface area contributed by atoms with Crippen molar-refractivity contribution in [1.29, 1.82) is 0 Å². The van der Waals surface area contributed by atoms with E-state index in [-0.39, 0.29) is 35.6 Å². The van der Waals surface area contributed by atoms with Crippen LogP contribution in [0.1, 0.15) is 105 Å². The van der Waals surface area contributed by atoms with Gasteiger partial charge in [-0.25, -0.2) is 12.2 Å². The van der Waals surface area contributed by atoms with Gasteiger partial charge < -0.3 is 24.8 Å². The van der Waals surface area contributed by atoms with Crippen molar-refractivity contribution in [3.8, 4) is 11.1 Å². The van der Waals surface area contributed by atoms with Crippen molar-refractivity contribution >= 4 is 3.21 Å². The van der Waals surface area contributed by atoms with Crippen molar-refractivity contribution in [2.45, 2.75) is 105 Å². The first-order valence-corrected chi connectivity index (χ1v) is 18.1. The minimum atomic E-state index is 0. The van der Waals surface area contributed by atoms with Gasteiger partial charge >= 0.3 is 125 Å². The van der Waals surface area contributed by atoms with E-state index in [9.17, 15) is 0 Å². The third-order valence-electron chi connectivity index (χ3n) is 8.78. The van der Waals surface area contributed by atoms with E-state index in [0.29, 0.717) is 0 Å². The van der Waals surface area contributed by atoms with Crippen LogP contribution in [-0.2, 0) is 54.3 Å². The summed E-state index contributed by atoms with van der Waals surface area (Å²) >= 11 is 1.60. The van der Waals surface area contributed by atoms with Gasteiger partial charge in [0.2, 0.25) is 0 Å². The molecule has 0 spiro atoms. The number of rotatable bonds is 6. The minimum absolute atomic E-state index is 0. The molecule has 0 N–H and O–H groups in total. The first kappa shape index (κ1) is 41.9. The van der Waals surface area contributed by atoms with Crippen molar-refractivity contribution in [2.75, 3.05) is 0 Å². The summed E-state index contributed by atoms with van der Waals surface area (Å²) in [6.45, 7) is 18.2. The second-order valence-electron chi connectivity index (χ2n) is 14.8. The van der Waals surface area contributed by atoms with Gasteiger partial charge in [-0.1, -0.05) is 71.6 Å². The van der Waals surface area contributed by atoms with E-state index < -0.39 is 0 Å². The normalized spacial score (nSPS) is 12.4. The van der Waals surface area contributed by atoms with Crippen LogP contribution in [0, 0.1) is 26.0 Å². The van der Waals surface area contributed by atoms with E-state index in [4.69, 9.17) is 0 Å². The number of fused-ring (bicyclic) bond motifs is 3. The van der Waals surface area contributed by atoms with E-state index in [1.54, 1.807) is 27.4 Å². The summed E-state index contributed by atoms with van der Waals surface area (Å²) in [6.07, 6.45) is 15.9. The average Bonchev–Trinajstić information content (AvgIpc) is 3.70. The van der Waals surface area contributed by atoms with Crippen LogP contribution in [-0.4, -0.2) is 3.21 Å². The van der Waals surface area contributed by atoms with Crippen molar-refractivity contribution in [2.24, 2.45) is 0 Å². The molecule has 2 aliphatic carbocycles. The molecule has 0 heterocycles. The molecule has 48 heavy (non-hydrogen) atoms. The van der Waals surface area contributed by atoms with E-state index in [0.717, 1.165) is 12.8 Å². The molecule has 4 aromatic rings. The van der Waals surface area contributed by atoms with Gasteiger partial charge in [-0.2, -0.15) is 23.8 Å². The molecule has 0 saturated carbocycles. The van der Waals surface area contributed by atoms with Gasteiger partial charge in [0.05, 0.1) is 0 Å². The van der Waals surface area contributed by atoms with Crippen molar-refractivity contribution in [3.05, 3.63) is 154 Å². The molecular formula is C45H52Cl2Zr-2. The SMILES string of the molecule is Cc1[c-]c2c(cc1C(C)(C)C)-c1cc(C(C)(C)C)c(C)cc1C2.[C-]1=CC=CC1.[Cl-].[Cl-].[Zr+2]=[C](CCc1ccccc1)CCc1ccccc1. The van der Waals surface area contributed by atoms with E-state index in [1.807, 2.05) is 12.2 Å². The number of allylic oxidation sites excluding steroid dienone is 4. The fourth-order valence-electron chi connectivity index (χ4n) is 6.37. The second kappa shape index (κ2) is 19.2. The van der Waals surface area contributed by atoms with E-state index >= 15 is 0 Å². The summed E-state index contributed by atoms with van der Waals surface area (Å²) in [7, 11) is 0. The molecule has 0 aliphatic heterocycles. The van der Waals surface area contributed by atoms with Crippen LogP contribution in [0.5, 0.6) is 0 Å². The van der Waals surface area contributed by atoms with Crippen molar-refractivity contribution in [1.82, 2.24) is 0 Å². The number of benzene rings is 4. The molecule has 0 saturated heterocycles. The van der Waals surface area contributed by atoms with Crippen LogP contribution < -0.4 is 24.8 Å². The van der Waals surface area contributed by atoms with Crippen LogP contribution in [0.3, 0.4) is 0 Å². The van der Waals surface area contributed by atoms with Gasteiger partial charge in [-0.3, -0.25) is 6.08 Å². The molecule has 252 valence electrons. The third-order valence-corrected chi connectivity index (χ3v) is 10.0. The molecule has 0 atom stereocenters. The van der Waals surface area contributed by atoms with E-state index in [1.165, 1.54) is 81.3 Å². The number of halogens is 2. The summed E-state index contributed by atoms with van der Waals surface area (Å²) in [5.74, 6) is 0. The molecule has 0 aromatic heterocycles. The van der Waals surface area contributed by atoms with Gasteiger partial charge in [-0.05, 0) is 35.4 Å². The molecular weight excluding hydrogens is 703 g/mol. The maximum atomic E-state index is 3.69. The Balaban J connectivity index is 0.000000286. The van der Waals surface area contributed by atoms with Crippen LogP contribution >= 0.6 is 0 Å². The second-order valence-corrected chi connectivity index (χ2v) is 16.5. The predicted molar refractivity (Wildman–Crippen MR) is 196 cm³/mol. The molecule has 0 unspecified atom stereocenters. The van der Waals surface area contributed by atoms with E-state index in [2.05, 4.69) is 152 Å². The Morgan fingerprint density at radius 1 is 0.708 bits per heavy atom. The van der Waals surface area contributed by atoms with Gasteiger partial charge in [-0.15, -0.1) is 23.1 Å². The molecule has 6 rings (SSSR count). The molecule has 0 amide bonds. The Morgan fingerprint density at radius 3 is 1.67 bits per heavy atom. The predicted octanol–water partition coefficient (Wildman–Crippen LogP) is 5.55. The number of hydrogen-bond donors (Lipinski definition) is 0. The van der Waals surface area contributed by atoms with Gasteiger partial charge in [0, 0.05) is 0 Å². The number of aryl methyl sites for hydroxylation is 4. The fourth-order valence-corrected chi connectivity index (χ4v) is 6.98. The third kappa shape index (κ3) is 12.2. The summed E-state index contributed by atoms with van der Waals surface area (Å²) in [5.41, 5.74) is 14.5. The van der Waals surface area contributed by atoms with Crippen LogP contribution in [0.2, 0.25) is 0 Å². The Morgan fingerprint density at radius 2 is 1.23 bits per heavy atom. The zero-order chi connectivity index (χ0) is 33.3. The fraction of sp³-hybridized carbons (Fsp3) is 0.356. The van der Waals surface area contributed by atoms with Crippen LogP contribution in [0.4, 0.5) is 0 Å². The zero-order valence-electron chi connectivity index (χ0n) is 30.2. The molecule has 2 aliphatic rings. The number of hydrogen-bond acceptors (Lipinski definition) is 0. The van der Waals surface area contributed by atoms with Gasteiger partial charge in [0.15, 0.2) is 0 Å². The Bertz CT molecular complexity index is 1540. The zero-order valence-corrected chi connectivity index (χ0v) is 34.2. The quantitative estimate of drug-likeness (QED) is 0.200. The summed E-state index contributed by atoms with van der Waals surface area (Å²) in [5, 5.41) is 0. The monoisotopic (exact) mass is 752 g/mol. The van der Waals surface area contributed by atoms with Crippen molar-refractivity contribution < 1.29 is 49.0 Å². The summed E-state index contributed by atoms with van der Waals surface area (Å²) in [4.78, 5) is 0. The Hall–Kier alpha value is -2.31. The molecule has 3 heteroatoms. The standard InChI is InChI=1S/C23H29.C17H18.C5H5.2ClH.Zr/c1-14-9-16-11-17-10-15(2)21(23(6,7)8)13-19(17)18(16)12-20(14)22(3,4)5;1-4-10-16(11-5-1)14-8-3-9-15-17-12-6-2-7-13-17;1-2-4-5-3-1;;;/h9,12-13H,11H2,1-8H3;1-2,4-7,10-13H,8-9,14-15H2;1-3H,4H2;2*1H;/q-1;;-1;;;+2/p-2. The molecule has 0 fully saturated rings. The summed E-state index contributed by atoms with van der Waals surface area (Å²) in [6, 6.07) is 32.5. The van der Waals surface area contributed by atoms with Gasteiger partial charge in [0.25, 0.3) is 0 Å². The molecule has 0 bridgehead atoms. The van der Waals surface area contributed by atoms with Crippen molar-refractivity contribution in [3.63, 3.8) is 0 Å². The maximum absolute atomic E-state index is 3.69. The van der Waals surface area contributed by atoms with Gasteiger partial charge in [0.1, 0.15) is 0 Å².